The van der Waals surface area contributed by atoms with Gasteiger partial charge in [0.2, 0.25) is 11.8 Å². The maximum atomic E-state index is 14.1. The Hall–Kier alpha value is -4.41. The van der Waals surface area contributed by atoms with Crippen molar-refractivity contribution >= 4 is 33.5 Å². The number of aryl methyl sites for hydroxylation is 1. The van der Waals surface area contributed by atoms with Gasteiger partial charge in [0, 0.05) is 17.4 Å². The molecule has 0 fully saturated rings. The van der Waals surface area contributed by atoms with E-state index in [9.17, 15) is 18.4 Å². The maximum absolute atomic E-state index is 14.1. The van der Waals surface area contributed by atoms with Gasteiger partial charge >= 0.3 is 0 Å². The van der Waals surface area contributed by atoms with E-state index in [1.165, 1.54) is 15.5 Å². The molecule has 0 unspecified atom stereocenters. The topological polar surface area (TPSA) is 108 Å². The summed E-state index contributed by atoms with van der Waals surface area (Å²) in [5, 5.41) is 6.99. The molecule has 0 spiro atoms. The van der Waals surface area contributed by atoms with Gasteiger partial charge in [0.15, 0.2) is 5.82 Å². The molecule has 3 heterocycles. The van der Waals surface area contributed by atoms with E-state index in [-0.39, 0.29) is 36.1 Å². The zero-order valence-electron chi connectivity index (χ0n) is 19.7. The molecule has 0 atom stereocenters. The van der Waals surface area contributed by atoms with Crippen LogP contribution in [0.2, 0.25) is 0 Å². The van der Waals surface area contributed by atoms with Gasteiger partial charge in [-0.1, -0.05) is 30.6 Å². The Morgan fingerprint density at radius 2 is 1.97 bits per heavy atom. The van der Waals surface area contributed by atoms with Gasteiger partial charge < -0.3 is 14.4 Å². The standard InChI is InChI=1S/C25H22F2N6O3/c1-13(2)24-30-21(36-31-24)11-32-12-28-22-16-8-14(3)4-7-19(16)33(23(22)25(32)35)10-20(34)29-18-9-15(26)5-6-17(18)27/h4-9,12-13H,10-11H2,1-3H3,(H,29,34). The van der Waals surface area contributed by atoms with Crippen LogP contribution in [0.3, 0.4) is 0 Å². The molecule has 2 aromatic carbocycles. The van der Waals surface area contributed by atoms with Crippen LogP contribution in [-0.2, 0) is 17.9 Å². The van der Waals surface area contributed by atoms with Gasteiger partial charge in [-0.2, -0.15) is 4.98 Å². The van der Waals surface area contributed by atoms with Gasteiger partial charge in [0.05, 0.1) is 17.5 Å². The van der Waals surface area contributed by atoms with Crippen LogP contribution in [0.25, 0.3) is 21.9 Å². The Morgan fingerprint density at radius 3 is 2.72 bits per heavy atom. The fourth-order valence-corrected chi connectivity index (χ4v) is 4.03. The van der Waals surface area contributed by atoms with Crippen molar-refractivity contribution in [1.82, 2.24) is 24.3 Å². The normalized spacial score (nSPS) is 11.6. The third-order valence-electron chi connectivity index (χ3n) is 5.79. The zero-order valence-corrected chi connectivity index (χ0v) is 19.7. The smallest absolute Gasteiger partial charge is 0.278 e. The van der Waals surface area contributed by atoms with E-state index in [2.05, 4.69) is 20.4 Å². The minimum Gasteiger partial charge on any atom is -0.337 e. The number of nitrogens with one attached hydrogen (secondary N) is 1. The van der Waals surface area contributed by atoms with E-state index in [1.54, 1.807) is 6.07 Å². The lowest BCUT2D eigenvalue weighted by molar-refractivity contribution is -0.116. The number of aromatic nitrogens is 5. The minimum atomic E-state index is -0.771. The summed E-state index contributed by atoms with van der Waals surface area (Å²) in [6, 6.07) is 8.31. The zero-order chi connectivity index (χ0) is 25.6. The average molecular weight is 492 g/mol. The van der Waals surface area contributed by atoms with Crippen molar-refractivity contribution < 1.29 is 18.1 Å². The summed E-state index contributed by atoms with van der Waals surface area (Å²) >= 11 is 0. The third-order valence-corrected chi connectivity index (χ3v) is 5.79. The van der Waals surface area contributed by atoms with Crippen molar-refractivity contribution in [2.45, 2.75) is 39.8 Å². The molecule has 5 aromatic rings. The Labute approximate surface area is 203 Å². The van der Waals surface area contributed by atoms with Crippen LogP contribution >= 0.6 is 0 Å². The number of benzene rings is 2. The van der Waals surface area contributed by atoms with E-state index in [0.29, 0.717) is 22.2 Å². The molecule has 0 radical (unpaired) electrons. The maximum Gasteiger partial charge on any atom is 0.278 e. The summed E-state index contributed by atoms with van der Waals surface area (Å²) in [6.07, 6.45) is 1.40. The fourth-order valence-electron chi connectivity index (χ4n) is 4.03. The van der Waals surface area contributed by atoms with Gasteiger partial charge in [0.25, 0.3) is 5.56 Å². The number of anilines is 1. The molecule has 9 nitrogen and oxygen atoms in total. The number of carbonyl (C=O) groups excluding carboxylic acids is 1. The summed E-state index contributed by atoms with van der Waals surface area (Å²) in [5.74, 6) is -1.25. The molecule has 0 aliphatic rings. The molecular weight excluding hydrogens is 470 g/mol. The monoisotopic (exact) mass is 492 g/mol. The van der Waals surface area contributed by atoms with Gasteiger partial charge in [-0.05, 0) is 31.2 Å². The predicted octanol–water partition coefficient (Wildman–Crippen LogP) is 4.13. The molecule has 5 rings (SSSR count). The van der Waals surface area contributed by atoms with Gasteiger partial charge in [-0.15, -0.1) is 0 Å². The van der Waals surface area contributed by atoms with E-state index in [0.717, 1.165) is 23.8 Å². The van der Waals surface area contributed by atoms with Crippen LogP contribution in [0.1, 0.15) is 37.0 Å². The Kier molecular flexibility index (Phi) is 5.83. The molecular formula is C25H22F2N6O3. The number of halogens is 2. The number of nitrogens with zero attached hydrogens (tertiary/aromatic N) is 5. The first-order chi connectivity index (χ1) is 17.2. The molecule has 0 aliphatic heterocycles. The number of carbonyl (C=O) groups is 1. The summed E-state index contributed by atoms with van der Waals surface area (Å²) in [5.41, 5.74) is 1.47. The largest absolute Gasteiger partial charge is 0.337 e. The first kappa shape index (κ1) is 23.3. The van der Waals surface area contributed by atoms with E-state index >= 15 is 0 Å². The third kappa shape index (κ3) is 4.23. The summed E-state index contributed by atoms with van der Waals surface area (Å²) in [7, 11) is 0. The van der Waals surface area contributed by atoms with Crippen LogP contribution in [-0.4, -0.2) is 30.2 Å². The second-order valence-corrected chi connectivity index (χ2v) is 8.85. The van der Waals surface area contributed by atoms with Crippen molar-refractivity contribution in [2.24, 2.45) is 0 Å². The number of fused-ring (bicyclic) bond motifs is 3. The van der Waals surface area contributed by atoms with E-state index in [1.807, 2.05) is 32.9 Å². The molecule has 0 saturated carbocycles. The SMILES string of the molecule is Cc1ccc2c(c1)c1ncn(Cc3nc(C(C)C)no3)c(=O)c1n2CC(=O)Nc1cc(F)ccc1F. The summed E-state index contributed by atoms with van der Waals surface area (Å²) in [6.45, 7) is 5.44. The first-order valence-electron chi connectivity index (χ1n) is 11.3. The molecule has 0 saturated heterocycles. The summed E-state index contributed by atoms with van der Waals surface area (Å²) < 4.78 is 35.7. The van der Waals surface area contributed by atoms with Crippen LogP contribution in [0.15, 0.2) is 52.0 Å². The molecule has 3 aromatic heterocycles. The van der Waals surface area contributed by atoms with Crippen LogP contribution in [0.4, 0.5) is 14.5 Å². The number of rotatable bonds is 6. The quantitative estimate of drug-likeness (QED) is 0.382. The van der Waals surface area contributed by atoms with E-state index < -0.39 is 23.1 Å². The highest BCUT2D eigenvalue weighted by molar-refractivity contribution is 6.06. The molecule has 1 amide bonds. The van der Waals surface area contributed by atoms with Crippen molar-refractivity contribution in [2.75, 3.05) is 5.32 Å². The van der Waals surface area contributed by atoms with Gasteiger partial charge in [0.1, 0.15) is 35.8 Å². The lowest BCUT2D eigenvalue weighted by Crippen LogP contribution is -2.26. The first-order valence-corrected chi connectivity index (χ1v) is 11.3. The van der Waals surface area contributed by atoms with Gasteiger partial charge in [-0.25, -0.2) is 13.8 Å². The van der Waals surface area contributed by atoms with Crippen molar-refractivity contribution in [3.63, 3.8) is 0 Å². The number of hydrogen-bond acceptors (Lipinski definition) is 6. The summed E-state index contributed by atoms with van der Waals surface area (Å²) in [4.78, 5) is 35.2. The molecule has 11 heteroatoms. The second kappa shape index (κ2) is 8.99. The Morgan fingerprint density at radius 1 is 1.17 bits per heavy atom. The highest BCUT2D eigenvalue weighted by Crippen LogP contribution is 2.27. The second-order valence-electron chi connectivity index (χ2n) is 8.85. The van der Waals surface area contributed by atoms with Crippen LogP contribution in [0.5, 0.6) is 0 Å². The van der Waals surface area contributed by atoms with Crippen molar-refractivity contribution in [3.8, 4) is 0 Å². The molecule has 36 heavy (non-hydrogen) atoms. The van der Waals surface area contributed by atoms with Crippen LogP contribution in [0, 0.1) is 18.6 Å². The lowest BCUT2D eigenvalue weighted by atomic mass is 10.1. The molecule has 0 bridgehead atoms. The Bertz CT molecular complexity index is 1690. The average Bonchev–Trinajstić information content (AvgIpc) is 3.41. The minimum absolute atomic E-state index is 0.00272. The highest BCUT2D eigenvalue weighted by Gasteiger charge is 2.20. The highest BCUT2D eigenvalue weighted by atomic mass is 19.1. The Balaban J connectivity index is 1.58. The predicted molar refractivity (Wildman–Crippen MR) is 129 cm³/mol. The molecule has 184 valence electrons. The van der Waals surface area contributed by atoms with Crippen molar-refractivity contribution in [1.29, 1.82) is 0 Å². The fraction of sp³-hybridized carbons (Fsp3) is 0.240. The van der Waals surface area contributed by atoms with E-state index in [4.69, 9.17) is 4.52 Å². The molecule has 0 aliphatic carbocycles. The number of hydrogen-bond donors (Lipinski definition) is 1. The van der Waals surface area contributed by atoms with Crippen LogP contribution < -0.4 is 10.9 Å². The lowest BCUT2D eigenvalue weighted by Gasteiger charge is -2.10. The van der Waals surface area contributed by atoms with Gasteiger partial charge in [-0.3, -0.25) is 14.2 Å². The number of amides is 1. The molecule has 1 N–H and O–H groups in total. The van der Waals surface area contributed by atoms with Crippen molar-refractivity contribution in [3.05, 3.63) is 82.0 Å².